The van der Waals surface area contributed by atoms with Crippen LogP contribution in [-0.2, 0) is 30.6 Å². The minimum Gasteiger partial charge on any atom is -0.494 e. The van der Waals surface area contributed by atoms with Crippen LogP contribution in [0.25, 0.3) is 11.1 Å². The smallest absolute Gasteiger partial charge is 0.309 e. The number of carboxylic acids is 1. The Kier molecular flexibility index (Phi) is 6.84. The van der Waals surface area contributed by atoms with E-state index in [0.717, 1.165) is 16.7 Å². The van der Waals surface area contributed by atoms with Crippen molar-refractivity contribution in [2.45, 2.75) is 44.8 Å². The predicted octanol–water partition coefficient (Wildman–Crippen LogP) is 4.31. The fourth-order valence-electron chi connectivity index (χ4n) is 4.50. The second-order valence-corrected chi connectivity index (χ2v) is 8.54. The maximum Gasteiger partial charge on any atom is 0.309 e. The molecule has 1 aliphatic rings. The van der Waals surface area contributed by atoms with E-state index < -0.39 is 18.0 Å². The summed E-state index contributed by atoms with van der Waals surface area (Å²) in [7, 11) is 0. The lowest BCUT2D eigenvalue weighted by Gasteiger charge is -2.20. The SMILES string of the molecule is O=C(O)C(CCn1c(O)c2c(c1O)CC=CC2)C(O)CCc1ccc(-c2ccccc2)cc1. The Bertz CT molecular complexity index is 1100. The number of allylic oxidation sites excluding steroid dienone is 2. The average Bonchev–Trinajstić information content (AvgIpc) is 3.08. The topological polar surface area (TPSA) is 103 Å². The highest BCUT2D eigenvalue weighted by molar-refractivity contribution is 5.70. The molecule has 33 heavy (non-hydrogen) atoms. The van der Waals surface area contributed by atoms with Gasteiger partial charge in [0.15, 0.2) is 11.8 Å². The number of benzene rings is 2. The summed E-state index contributed by atoms with van der Waals surface area (Å²) < 4.78 is 1.35. The fraction of sp³-hybridized carbons (Fsp3) is 0.296. The van der Waals surface area contributed by atoms with E-state index in [1.165, 1.54) is 4.57 Å². The van der Waals surface area contributed by atoms with Crippen molar-refractivity contribution in [2.75, 3.05) is 0 Å². The molecular weight excluding hydrogens is 418 g/mol. The molecule has 2 atom stereocenters. The number of carbonyl (C=O) groups is 1. The first-order valence-electron chi connectivity index (χ1n) is 11.3. The molecule has 4 N–H and O–H groups in total. The molecule has 0 saturated carbocycles. The van der Waals surface area contributed by atoms with Crippen molar-refractivity contribution in [2.24, 2.45) is 5.92 Å². The van der Waals surface area contributed by atoms with Crippen molar-refractivity contribution in [3.8, 4) is 22.9 Å². The number of carboxylic acid groups (broad SMARTS) is 1. The van der Waals surface area contributed by atoms with Crippen LogP contribution in [0.2, 0.25) is 0 Å². The van der Waals surface area contributed by atoms with Crippen molar-refractivity contribution in [3.63, 3.8) is 0 Å². The average molecular weight is 448 g/mol. The Balaban J connectivity index is 1.37. The number of aliphatic carboxylic acids is 1. The van der Waals surface area contributed by atoms with E-state index in [-0.39, 0.29) is 24.7 Å². The first-order valence-corrected chi connectivity index (χ1v) is 11.3. The van der Waals surface area contributed by atoms with Crippen LogP contribution in [-0.4, -0.2) is 37.1 Å². The number of fused-ring (bicyclic) bond motifs is 1. The molecule has 1 heterocycles. The normalized spacial score (nSPS) is 14.6. The zero-order chi connectivity index (χ0) is 23.4. The summed E-state index contributed by atoms with van der Waals surface area (Å²) >= 11 is 0. The van der Waals surface area contributed by atoms with Crippen LogP contribution in [0.1, 0.15) is 29.5 Å². The molecule has 3 aromatic rings. The third kappa shape index (κ3) is 4.96. The van der Waals surface area contributed by atoms with Gasteiger partial charge in [0.25, 0.3) is 0 Å². The van der Waals surface area contributed by atoms with Gasteiger partial charge < -0.3 is 20.4 Å². The van der Waals surface area contributed by atoms with Crippen LogP contribution in [0.3, 0.4) is 0 Å². The van der Waals surface area contributed by atoms with E-state index in [1.807, 2.05) is 66.7 Å². The molecule has 6 heteroatoms. The van der Waals surface area contributed by atoms with Gasteiger partial charge in [0.2, 0.25) is 0 Å². The van der Waals surface area contributed by atoms with E-state index in [9.17, 15) is 25.2 Å². The highest BCUT2D eigenvalue weighted by Crippen LogP contribution is 2.37. The molecule has 1 aliphatic carbocycles. The maximum atomic E-state index is 11.8. The highest BCUT2D eigenvalue weighted by Gasteiger charge is 2.28. The number of aliphatic hydroxyl groups is 1. The van der Waals surface area contributed by atoms with Crippen LogP contribution < -0.4 is 0 Å². The summed E-state index contributed by atoms with van der Waals surface area (Å²) in [5.74, 6) is -2.13. The fourth-order valence-corrected chi connectivity index (χ4v) is 4.50. The van der Waals surface area contributed by atoms with Gasteiger partial charge in [0.05, 0.1) is 12.0 Å². The monoisotopic (exact) mass is 447 g/mol. The van der Waals surface area contributed by atoms with E-state index in [4.69, 9.17) is 0 Å². The Morgan fingerprint density at radius 1 is 0.848 bits per heavy atom. The Hall–Kier alpha value is -3.51. The molecule has 172 valence electrons. The van der Waals surface area contributed by atoms with Gasteiger partial charge in [0, 0.05) is 17.7 Å². The number of aliphatic hydroxyl groups excluding tert-OH is 1. The van der Waals surface area contributed by atoms with Crippen LogP contribution in [0.15, 0.2) is 66.7 Å². The quantitative estimate of drug-likeness (QED) is 0.366. The molecule has 0 bridgehead atoms. The van der Waals surface area contributed by atoms with E-state index in [2.05, 4.69) is 0 Å². The summed E-state index contributed by atoms with van der Waals surface area (Å²) in [6, 6.07) is 18.1. The molecule has 0 saturated heterocycles. The van der Waals surface area contributed by atoms with Gasteiger partial charge in [-0.05, 0) is 48.8 Å². The van der Waals surface area contributed by atoms with Gasteiger partial charge in [0.1, 0.15) is 0 Å². The summed E-state index contributed by atoms with van der Waals surface area (Å²) in [5, 5.41) is 41.2. The van der Waals surface area contributed by atoms with Gasteiger partial charge in [-0.2, -0.15) is 0 Å². The summed E-state index contributed by atoms with van der Waals surface area (Å²) in [6.45, 7) is 0.116. The molecule has 4 rings (SSSR count). The van der Waals surface area contributed by atoms with Crippen LogP contribution in [0.5, 0.6) is 11.8 Å². The van der Waals surface area contributed by atoms with Crippen molar-refractivity contribution >= 4 is 5.97 Å². The van der Waals surface area contributed by atoms with Crippen molar-refractivity contribution in [1.29, 1.82) is 0 Å². The lowest BCUT2D eigenvalue weighted by atomic mass is 9.93. The lowest BCUT2D eigenvalue weighted by molar-refractivity contribution is -0.146. The predicted molar refractivity (Wildman–Crippen MR) is 126 cm³/mol. The van der Waals surface area contributed by atoms with Gasteiger partial charge in [-0.25, -0.2) is 0 Å². The Morgan fingerprint density at radius 3 is 2.00 bits per heavy atom. The van der Waals surface area contributed by atoms with E-state index in [0.29, 0.717) is 36.8 Å². The minimum atomic E-state index is -1.08. The molecule has 0 radical (unpaired) electrons. The van der Waals surface area contributed by atoms with Gasteiger partial charge in [-0.3, -0.25) is 9.36 Å². The molecule has 2 unspecified atom stereocenters. The largest absolute Gasteiger partial charge is 0.494 e. The third-order valence-electron chi connectivity index (χ3n) is 6.46. The number of aromatic hydroxyl groups is 2. The number of hydrogen-bond donors (Lipinski definition) is 4. The molecular formula is C27H29NO5. The highest BCUT2D eigenvalue weighted by atomic mass is 16.4. The molecule has 2 aromatic carbocycles. The summed E-state index contributed by atoms with van der Waals surface area (Å²) in [6.07, 6.45) is 4.87. The maximum absolute atomic E-state index is 11.8. The molecule has 0 aliphatic heterocycles. The number of aromatic nitrogens is 1. The van der Waals surface area contributed by atoms with Crippen LogP contribution in [0.4, 0.5) is 0 Å². The second kappa shape index (κ2) is 9.96. The van der Waals surface area contributed by atoms with Gasteiger partial charge >= 0.3 is 5.97 Å². The van der Waals surface area contributed by atoms with Crippen molar-refractivity contribution in [1.82, 2.24) is 4.57 Å². The molecule has 0 fully saturated rings. The summed E-state index contributed by atoms with van der Waals surface area (Å²) in [5.41, 5.74) is 4.62. The standard InChI is InChI=1S/C27H29NO5/c29-24(15-12-18-10-13-20(14-11-18)19-6-2-1-3-7-19)23(27(32)33)16-17-28-25(30)21-8-4-5-9-22(21)26(28)31/h1-7,10-11,13-14,23-24,29-31H,8-9,12,15-17H2,(H,32,33). The van der Waals surface area contributed by atoms with Crippen molar-refractivity contribution in [3.05, 3.63) is 83.4 Å². The van der Waals surface area contributed by atoms with Crippen molar-refractivity contribution < 1.29 is 25.2 Å². The Labute approximate surface area is 193 Å². The number of hydrogen-bond acceptors (Lipinski definition) is 4. The molecule has 0 spiro atoms. The number of nitrogens with zero attached hydrogens (tertiary/aromatic N) is 1. The number of rotatable bonds is 9. The van der Waals surface area contributed by atoms with E-state index >= 15 is 0 Å². The second-order valence-electron chi connectivity index (χ2n) is 8.54. The van der Waals surface area contributed by atoms with Crippen LogP contribution >= 0.6 is 0 Å². The van der Waals surface area contributed by atoms with E-state index in [1.54, 1.807) is 0 Å². The lowest BCUT2D eigenvalue weighted by Crippen LogP contribution is -2.29. The Morgan fingerprint density at radius 2 is 1.42 bits per heavy atom. The number of aryl methyl sites for hydroxylation is 1. The first-order chi connectivity index (χ1) is 16.0. The summed E-state index contributed by atoms with van der Waals surface area (Å²) in [4.78, 5) is 11.8. The molecule has 1 aromatic heterocycles. The van der Waals surface area contributed by atoms with Gasteiger partial charge in [-0.15, -0.1) is 0 Å². The molecule has 0 amide bonds. The first kappa shape index (κ1) is 22.7. The molecule has 6 nitrogen and oxygen atoms in total. The van der Waals surface area contributed by atoms with Crippen LogP contribution in [0, 0.1) is 5.92 Å². The minimum absolute atomic E-state index is 0.0241. The third-order valence-corrected chi connectivity index (χ3v) is 6.46. The zero-order valence-corrected chi connectivity index (χ0v) is 18.4. The van der Waals surface area contributed by atoms with Gasteiger partial charge in [-0.1, -0.05) is 66.7 Å². The zero-order valence-electron chi connectivity index (χ0n) is 18.4.